The Balaban J connectivity index is 1.96. The molecule has 2 aliphatic rings. The van der Waals surface area contributed by atoms with Crippen LogP contribution in [0.15, 0.2) is 0 Å². The van der Waals surface area contributed by atoms with Crippen LogP contribution in [0.1, 0.15) is 32.6 Å². The molecule has 88 valence electrons. The van der Waals surface area contributed by atoms with E-state index in [2.05, 4.69) is 19.3 Å². The molecule has 2 atom stereocenters. The summed E-state index contributed by atoms with van der Waals surface area (Å²) in [6.45, 7) is 4.96. The van der Waals surface area contributed by atoms with E-state index in [0.717, 1.165) is 38.6 Å². The Bertz CT molecular complexity index is 196. The van der Waals surface area contributed by atoms with Crippen molar-refractivity contribution in [1.29, 1.82) is 0 Å². The third-order valence-electron chi connectivity index (χ3n) is 4.10. The van der Waals surface area contributed by atoms with Crippen molar-refractivity contribution in [3.63, 3.8) is 0 Å². The zero-order chi connectivity index (χ0) is 10.7. The molecule has 0 aromatic carbocycles. The molecule has 2 fully saturated rings. The Morgan fingerprint density at radius 2 is 2.00 bits per heavy atom. The normalized spacial score (nSPS) is 32.8. The SMILES string of the molecule is CNC(C)C1CCOC2(CCOCC2)C1. The standard InChI is InChI=1S/C12H23NO2/c1-10(13-2)11-3-6-15-12(9-11)4-7-14-8-5-12/h10-11,13H,3-9H2,1-2H3. The molecule has 3 nitrogen and oxygen atoms in total. The quantitative estimate of drug-likeness (QED) is 0.755. The molecule has 1 spiro atoms. The van der Waals surface area contributed by atoms with Crippen molar-refractivity contribution in [3.8, 4) is 0 Å². The first kappa shape index (κ1) is 11.4. The van der Waals surface area contributed by atoms with Gasteiger partial charge in [-0.25, -0.2) is 0 Å². The second-order valence-corrected chi connectivity index (χ2v) is 4.97. The smallest absolute Gasteiger partial charge is 0.0729 e. The van der Waals surface area contributed by atoms with E-state index < -0.39 is 0 Å². The zero-order valence-electron chi connectivity index (χ0n) is 9.92. The maximum Gasteiger partial charge on any atom is 0.0729 e. The fourth-order valence-electron chi connectivity index (χ4n) is 2.82. The van der Waals surface area contributed by atoms with Gasteiger partial charge < -0.3 is 14.8 Å². The molecule has 2 saturated heterocycles. The Morgan fingerprint density at radius 1 is 1.27 bits per heavy atom. The van der Waals surface area contributed by atoms with E-state index in [1.165, 1.54) is 12.8 Å². The highest BCUT2D eigenvalue weighted by Gasteiger charge is 2.40. The van der Waals surface area contributed by atoms with Gasteiger partial charge in [0.05, 0.1) is 5.60 Å². The molecule has 0 aromatic rings. The molecule has 0 saturated carbocycles. The highest BCUT2D eigenvalue weighted by molar-refractivity contribution is 4.91. The lowest BCUT2D eigenvalue weighted by molar-refractivity contribution is -0.149. The summed E-state index contributed by atoms with van der Waals surface area (Å²) in [5, 5.41) is 3.37. The summed E-state index contributed by atoms with van der Waals surface area (Å²) >= 11 is 0. The molecule has 2 heterocycles. The van der Waals surface area contributed by atoms with Crippen molar-refractivity contribution in [2.45, 2.75) is 44.2 Å². The van der Waals surface area contributed by atoms with Gasteiger partial charge in [-0.15, -0.1) is 0 Å². The highest BCUT2D eigenvalue weighted by Crippen LogP contribution is 2.38. The van der Waals surface area contributed by atoms with Crippen molar-refractivity contribution in [3.05, 3.63) is 0 Å². The van der Waals surface area contributed by atoms with Gasteiger partial charge >= 0.3 is 0 Å². The first-order valence-electron chi connectivity index (χ1n) is 6.15. The van der Waals surface area contributed by atoms with Gasteiger partial charge in [0, 0.05) is 25.9 Å². The molecule has 0 aliphatic carbocycles. The predicted molar refractivity (Wildman–Crippen MR) is 60.0 cm³/mol. The van der Waals surface area contributed by atoms with Crippen LogP contribution in [0.5, 0.6) is 0 Å². The van der Waals surface area contributed by atoms with Gasteiger partial charge in [0.25, 0.3) is 0 Å². The molecule has 15 heavy (non-hydrogen) atoms. The molecule has 1 N–H and O–H groups in total. The topological polar surface area (TPSA) is 30.5 Å². The summed E-state index contributed by atoms with van der Waals surface area (Å²) in [5.41, 5.74) is 0.145. The second-order valence-electron chi connectivity index (χ2n) is 4.97. The van der Waals surface area contributed by atoms with Gasteiger partial charge in [-0.1, -0.05) is 0 Å². The van der Waals surface area contributed by atoms with E-state index in [9.17, 15) is 0 Å². The fourth-order valence-corrected chi connectivity index (χ4v) is 2.82. The number of hydrogen-bond acceptors (Lipinski definition) is 3. The van der Waals surface area contributed by atoms with Gasteiger partial charge in [-0.2, -0.15) is 0 Å². The Hall–Kier alpha value is -0.120. The van der Waals surface area contributed by atoms with E-state index in [0.29, 0.717) is 6.04 Å². The third-order valence-corrected chi connectivity index (χ3v) is 4.10. The molecule has 0 radical (unpaired) electrons. The molecule has 2 aliphatic heterocycles. The lowest BCUT2D eigenvalue weighted by atomic mass is 9.78. The molecule has 0 bridgehead atoms. The number of hydrogen-bond donors (Lipinski definition) is 1. The van der Waals surface area contributed by atoms with E-state index >= 15 is 0 Å². The van der Waals surface area contributed by atoms with Gasteiger partial charge in [-0.3, -0.25) is 0 Å². The number of rotatable bonds is 2. The highest BCUT2D eigenvalue weighted by atomic mass is 16.5. The average molecular weight is 213 g/mol. The fraction of sp³-hybridized carbons (Fsp3) is 1.00. The summed E-state index contributed by atoms with van der Waals surface area (Å²) in [6.07, 6.45) is 4.57. The Morgan fingerprint density at radius 3 is 2.67 bits per heavy atom. The summed E-state index contributed by atoms with van der Waals surface area (Å²) in [4.78, 5) is 0. The zero-order valence-corrected chi connectivity index (χ0v) is 9.92. The van der Waals surface area contributed by atoms with Crippen LogP contribution in [-0.4, -0.2) is 38.5 Å². The number of nitrogens with one attached hydrogen (secondary N) is 1. The van der Waals surface area contributed by atoms with Gasteiger partial charge in [0.15, 0.2) is 0 Å². The lowest BCUT2D eigenvalue weighted by Crippen LogP contribution is -2.48. The Kier molecular flexibility index (Phi) is 3.65. The monoisotopic (exact) mass is 213 g/mol. The van der Waals surface area contributed by atoms with E-state index in [1.807, 2.05) is 0 Å². The summed E-state index contributed by atoms with van der Waals surface area (Å²) in [7, 11) is 2.05. The van der Waals surface area contributed by atoms with E-state index in [-0.39, 0.29) is 5.60 Å². The molecular formula is C12H23NO2. The van der Waals surface area contributed by atoms with E-state index in [4.69, 9.17) is 9.47 Å². The van der Waals surface area contributed by atoms with Crippen LogP contribution in [0.3, 0.4) is 0 Å². The van der Waals surface area contributed by atoms with Crippen molar-refractivity contribution in [1.82, 2.24) is 5.32 Å². The first-order chi connectivity index (χ1) is 7.26. The largest absolute Gasteiger partial charge is 0.381 e. The van der Waals surface area contributed by atoms with Crippen LogP contribution in [0, 0.1) is 5.92 Å². The molecule has 3 heteroatoms. The van der Waals surface area contributed by atoms with Crippen molar-refractivity contribution >= 4 is 0 Å². The molecule has 2 rings (SSSR count). The average Bonchev–Trinajstić information content (AvgIpc) is 2.29. The van der Waals surface area contributed by atoms with Crippen LogP contribution < -0.4 is 5.32 Å². The van der Waals surface area contributed by atoms with Crippen LogP contribution in [0.25, 0.3) is 0 Å². The van der Waals surface area contributed by atoms with Gasteiger partial charge in [-0.05, 0) is 45.6 Å². The minimum Gasteiger partial charge on any atom is -0.381 e. The number of ether oxygens (including phenoxy) is 2. The summed E-state index contributed by atoms with van der Waals surface area (Å²) in [5.74, 6) is 0.766. The van der Waals surface area contributed by atoms with Crippen LogP contribution in [0.2, 0.25) is 0 Å². The molecule has 2 unspecified atom stereocenters. The minimum atomic E-state index is 0.145. The van der Waals surface area contributed by atoms with E-state index in [1.54, 1.807) is 0 Å². The van der Waals surface area contributed by atoms with Crippen molar-refractivity contribution in [2.24, 2.45) is 5.92 Å². The summed E-state index contributed by atoms with van der Waals surface area (Å²) in [6, 6.07) is 0.605. The lowest BCUT2D eigenvalue weighted by Gasteiger charge is -2.44. The van der Waals surface area contributed by atoms with Crippen molar-refractivity contribution in [2.75, 3.05) is 26.9 Å². The summed E-state index contributed by atoms with van der Waals surface area (Å²) < 4.78 is 11.4. The van der Waals surface area contributed by atoms with Crippen LogP contribution in [-0.2, 0) is 9.47 Å². The molecule has 0 amide bonds. The maximum atomic E-state index is 6.02. The second kappa shape index (κ2) is 4.81. The predicted octanol–water partition coefficient (Wildman–Crippen LogP) is 1.57. The van der Waals surface area contributed by atoms with Gasteiger partial charge in [0.1, 0.15) is 0 Å². The minimum absolute atomic E-state index is 0.145. The third kappa shape index (κ3) is 2.52. The van der Waals surface area contributed by atoms with Crippen LogP contribution >= 0.6 is 0 Å². The Labute approximate surface area is 92.5 Å². The maximum absolute atomic E-state index is 6.02. The van der Waals surface area contributed by atoms with Gasteiger partial charge in [0.2, 0.25) is 0 Å². The van der Waals surface area contributed by atoms with Crippen LogP contribution in [0.4, 0.5) is 0 Å². The first-order valence-corrected chi connectivity index (χ1v) is 6.15. The molecule has 0 aromatic heterocycles. The molecular weight excluding hydrogens is 190 g/mol. The van der Waals surface area contributed by atoms with Crippen molar-refractivity contribution < 1.29 is 9.47 Å².